The molecule has 2 aromatic carbocycles. The van der Waals surface area contributed by atoms with Crippen LogP contribution in [0.3, 0.4) is 0 Å². The second-order valence-corrected chi connectivity index (χ2v) is 5.57. The standard InChI is InChI=1S/C17H19FN2S/c1-13-7-8-15(18)11-14(13)12-20(10-9-17(19)21)16-5-3-2-4-6-16/h2-8,11H,9-10,12H2,1H3,(H2,19,21). The second-order valence-electron chi connectivity index (χ2n) is 5.04. The molecular formula is C17H19FN2S. The Labute approximate surface area is 130 Å². The highest BCUT2D eigenvalue weighted by Gasteiger charge is 2.10. The Morgan fingerprint density at radius 1 is 1.19 bits per heavy atom. The van der Waals surface area contributed by atoms with Crippen molar-refractivity contribution in [1.29, 1.82) is 0 Å². The Hall–Kier alpha value is -1.94. The molecule has 0 spiro atoms. The van der Waals surface area contributed by atoms with E-state index in [-0.39, 0.29) is 5.82 Å². The summed E-state index contributed by atoms with van der Waals surface area (Å²) in [5.41, 5.74) is 8.74. The van der Waals surface area contributed by atoms with Gasteiger partial charge in [-0.25, -0.2) is 4.39 Å². The van der Waals surface area contributed by atoms with Gasteiger partial charge in [0.25, 0.3) is 0 Å². The second kappa shape index (κ2) is 7.18. The molecule has 4 heteroatoms. The van der Waals surface area contributed by atoms with Gasteiger partial charge in [-0.1, -0.05) is 36.5 Å². The Kier molecular flexibility index (Phi) is 5.28. The van der Waals surface area contributed by atoms with Gasteiger partial charge in [0, 0.05) is 25.2 Å². The molecule has 0 radical (unpaired) electrons. The highest BCUT2D eigenvalue weighted by Crippen LogP contribution is 2.19. The average Bonchev–Trinajstić information content (AvgIpc) is 2.47. The number of aryl methyl sites for hydroxylation is 1. The van der Waals surface area contributed by atoms with Crippen LogP contribution in [0.1, 0.15) is 17.5 Å². The van der Waals surface area contributed by atoms with E-state index in [4.69, 9.17) is 18.0 Å². The van der Waals surface area contributed by atoms with Crippen LogP contribution < -0.4 is 10.6 Å². The lowest BCUT2D eigenvalue weighted by atomic mass is 10.1. The fourth-order valence-corrected chi connectivity index (χ4v) is 2.29. The molecule has 0 saturated carbocycles. The predicted molar refractivity (Wildman–Crippen MR) is 90.0 cm³/mol. The van der Waals surface area contributed by atoms with Gasteiger partial charge < -0.3 is 10.6 Å². The number of nitrogens with two attached hydrogens (primary N) is 1. The highest BCUT2D eigenvalue weighted by atomic mass is 32.1. The fraction of sp³-hybridized carbons (Fsp3) is 0.235. The Bertz CT molecular complexity index is 613. The van der Waals surface area contributed by atoms with Crippen molar-refractivity contribution in [2.75, 3.05) is 11.4 Å². The monoisotopic (exact) mass is 302 g/mol. The Morgan fingerprint density at radius 3 is 2.57 bits per heavy atom. The van der Waals surface area contributed by atoms with Gasteiger partial charge in [-0.05, 0) is 42.3 Å². The molecule has 0 amide bonds. The zero-order valence-electron chi connectivity index (χ0n) is 12.1. The molecule has 0 unspecified atom stereocenters. The SMILES string of the molecule is Cc1ccc(F)cc1CN(CCC(N)=S)c1ccccc1. The van der Waals surface area contributed by atoms with Gasteiger partial charge >= 0.3 is 0 Å². The molecule has 0 aliphatic heterocycles. The van der Waals surface area contributed by atoms with Crippen LogP contribution in [0.25, 0.3) is 0 Å². The van der Waals surface area contributed by atoms with Gasteiger partial charge in [0.15, 0.2) is 0 Å². The lowest BCUT2D eigenvalue weighted by Crippen LogP contribution is -2.27. The number of thiocarbonyl (C=S) groups is 1. The van der Waals surface area contributed by atoms with Crippen LogP contribution in [0.2, 0.25) is 0 Å². The summed E-state index contributed by atoms with van der Waals surface area (Å²) in [6, 6.07) is 14.9. The van der Waals surface area contributed by atoms with Crippen LogP contribution in [0.4, 0.5) is 10.1 Å². The fourth-order valence-electron chi connectivity index (χ4n) is 2.20. The number of halogens is 1. The zero-order valence-corrected chi connectivity index (χ0v) is 12.9. The maximum atomic E-state index is 13.5. The molecule has 0 aromatic heterocycles. The lowest BCUT2D eigenvalue weighted by molar-refractivity contribution is 0.623. The number of benzene rings is 2. The smallest absolute Gasteiger partial charge is 0.123 e. The van der Waals surface area contributed by atoms with E-state index < -0.39 is 0 Å². The van der Waals surface area contributed by atoms with Gasteiger partial charge in [-0.3, -0.25) is 0 Å². The molecule has 110 valence electrons. The predicted octanol–water partition coefficient (Wildman–Crippen LogP) is 3.82. The van der Waals surface area contributed by atoms with Gasteiger partial charge in [0.2, 0.25) is 0 Å². The number of nitrogens with zero attached hydrogens (tertiary/aromatic N) is 1. The van der Waals surface area contributed by atoms with E-state index in [0.717, 1.165) is 23.4 Å². The summed E-state index contributed by atoms with van der Waals surface area (Å²) in [5.74, 6) is -0.210. The van der Waals surface area contributed by atoms with Crippen LogP contribution in [0.5, 0.6) is 0 Å². The topological polar surface area (TPSA) is 29.3 Å². The van der Waals surface area contributed by atoms with Crippen molar-refractivity contribution in [2.45, 2.75) is 19.9 Å². The first-order chi connectivity index (χ1) is 10.1. The summed E-state index contributed by atoms with van der Waals surface area (Å²) in [7, 11) is 0. The molecule has 0 bridgehead atoms. The maximum absolute atomic E-state index is 13.5. The first-order valence-corrected chi connectivity index (χ1v) is 7.30. The van der Waals surface area contributed by atoms with Crippen molar-refractivity contribution < 1.29 is 4.39 Å². The van der Waals surface area contributed by atoms with E-state index in [2.05, 4.69) is 4.90 Å². The molecule has 0 saturated heterocycles. The first kappa shape index (κ1) is 15.4. The Morgan fingerprint density at radius 2 is 1.90 bits per heavy atom. The summed E-state index contributed by atoms with van der Waals surface area (Å²) in [4.78, 5) is 2.66. The van der Waals surface area contributed by atoms with E-state index in [0.29, 0.717) is 18.0 Å². The molecule has 2 nitrogen and oxygen atoms in total. The van der Waals surface area contributed by atoms with Crippen LogP contribution >= 0.6 is 12.2 Å². The molecule has 0 atom stereocenters. The Balaban J connectivity index is 2.23. The van der Waals surface area contributed by atoms with E-state index in [1.165, 1.54) is 6.07 Å². The molecular weight excluding hydrogens is 283 g/mol. The lowest BCUT2D eigenvalue weighted by Gasteiger charge is -2.25. The number of hydrogen-bond acceptors (Lipinski definition) is 2. The average molecular weight is 302 g/mol. The van der Waals surface area contributed by atoms with Crippen LogP contribution in [0, 0.1) is 12.7 Å². The van der Waals surface area contributed by atoms with Crippen molar-refractivity contribution in [2.24, 2.45) is 5.73 Å². The molecule has 2 N–H and O–H groups in total. The van der Waals surface area contributed by atoms with Crippen LogP contribution in [-0.2, 0) is 6.54 Å². The summed E-state index contributed by atoms with van der Waals surface area (Å²) < 4.78 is 13.5. The highest BCUT2D eigenvalue weighted by molar-refractivity contribution is 7.80. The van der Waals surface area contributed by atoms with E-state index in [9.17, 15) is 4.39 Å². The van der Waals surface area contributed by atoms with Crippen molar-refractivity contribution in [3.63, 3.8) is 0 Å². The van der Waals surface area contributed by atoms with Crippen molar-refractivity contribution in [3.8, 4) is 0 Å². The number of para-hydroxylation sites is 1. The molecule has 0 aliphatic carbocycles. The van der Waals surface area contributed by atoms with E-state index >= 15 is 0 Å². The quantitative estimate of drug-likeness (QED) is 0.823. The molecule has 21 heavy (non-hydrogen) atoms. The first-order valence-electron chi connectivity index (χ1n) is 6.89. The molecule has 0 fully saturated rings. The summed E-state index contributed by atoms with van der Waals surface area (Å²) in [6.07, 6.45) is 0.637. The number of rotatable bonds is 6. The normalized spacial score (nSPS) is 10.4. The minimum atomic E-state index is -0.210. The summed E-state index contributed by atoms with van der Waals surface area (Å²) >= 11 is 4.97. The third kappa shape index (κ3) is 4.53. The minimum absolute atomic E-state index is 0.210. The third-order valence-electron chi connectivity index (χ3n) is 3.42. The van der Waals surface area contributed by atoms with Gasteiger partial charge in [-0.2, -0.15) is 0 Å². The maximum Gasteiger partial charge on any atom is 0.123 e. The van der Waals surface area contributed by atoms with Crippen LogP contribution in [0.15, 0.2) is 48.5 Å². The van der Waals surface area contributed by atoms with E-state index in [1.54, 1.807) is 12.1 Å². The minimum Gasteiger partial charge on any atom is -0.393 e. The number of anilines is 1. The van der Waals surface area contributed by atoms with Gasteiger partial charge in [-0.15, -0.1) is 0 Å². The van der Waals surface area contributed by atoms with Crippen molar-refractivity contribution in [3.05, 3.63) is 65.5 Å². The van der Waals surface area contributed by atoms with E-state index in [1.807, 2.05) is 37.3 Å². The summed E-state index contributed by atoms with van der Waals surface area (Å²) in [5, 5.41) is 0. The summed E-state index contributed by atoms with van der Waals surface area (Å²) in [6.45, 7) is 3.34. The molecule has 2 aromatic rings. The molecule has 0 heterocycles. The van der Waals surface area contributed by atoms with Crippen molar-refractivity contribution in [1.82, 2.24) is 0 Å². The molecule has 0 aliphatic rings. The van der Waals surface area contributed by atoms with Gasteiger partial charge in [0.05, 0.1) is 4.99 Å². The number of hydrogen-bond donors (Lipinski definition) is 1. The van der Waals surface area contributed by atoms with Crippen LogP contribution in [-0.4, -0.2) is 11.5 Å². The van der Waals surface area contributed by atoms with Gasteiger partial charge in [0.1, 0.15) is 5.82 Å². The largest absolute Gasteiger partial charge is 0.393 e. The third-order valence-corrected chi connectivity index (χ3v) is 3.63. The van der Waals surface area contributed by atoms with Crippen molar-refractivity contribution >= 4 is 22.9 Å². The molecule has 2 rings (SSSR count). The zero-order chi connectivity index (χ0) is 15.2.